The van der Waals surface area contributed by atoms with Crippen LogP contribution in [-0.4, -0.2) is 21.6 Å². The van der Waals surface area contributed by atoms with Crippen LogP contribution in [0.1, 0.15) is 19.8 Å². The van der Waals surface area contributed by atoms with Gasteiger partial charge in [0.05, 0.1) is 0 Å². The summed E-state index contributed by atoms with van der Waals surface area (Å²) in [4.78, 5) is 22.7. The van der Waals surface area contributed by atoms with Crippen LogP contribution in [0.2, 0.25) is 0 Å². The number of aryl methyl sites for hydroxylation is 1. The molecule has 1 aromatic heterocycles. The van der Waals surface area contributed by atoms with Gasteiger partial charge in [0, 0.05) is 26.0 Å². The van der Waals surface area contributed by atoms with Crippen LogP contribution < -0.4 is 11.0 Å². The molecule has 1 N–H and O–H groups in total. The number of carbonyl (C=O) groups is 1. The van der Waals surface area contributed by atoms with E-state index in [4.69, 9.17) is 0 Å². The smallest absolute Gasteiger partial charge is 0.328 e. The lowest BCUT2D eigenvalue weighted by Gasteiger charge is -2.03. The quantitative estimate of drug-likeness (QED) is 0.702. The van der Waals surface area contributed by atoms with Crippen LogP contribution >= 0.6 is 0 Å². The summed E-state index contributed by atoms with van der Waals surface area (Å²) in [7, 11) is 1.66. The number of amides is 1. The second-order valence-corrected chi connectivity index (χ2v) is 3.52. The van der Waals surface area contributed by atoms with Crippen LogP contribution in [0, 0.1) is 0 Å². The number of nitrogens with one attached hydrogen (secondary N) is 1. The Morgan fingerprint density at radius 3 is 2.73 bits per heavy atom. The van der Waals surface area contributed by atoms with Crippen molar-refractivity contribution in [3.05, 3.63) is 22.9 Å². The predicted octanol–water partition coefficient (Wildman–Crippen LogP) is 0.103. The summed E-state index contributed by atoms with van der Waals surface area (Å²) in [5, 5.41) is 2.76. The molecule has 1 heterocycles. The number of imidazole rings is 1. The Bertz CT molecular complexity index is 378. The zero-order valence-corrected chi connectivity index (χ0v) is 9.19. The fourth-order valence-corrected chi connectivity index (χ4v) is 1.25. The van der Waals surface area contributed by atoms with Gasteiger partial charge in [-0.1, -0.05) is 13.3 Å². The fraction of sp³-hybridized carbons (Fsp3) is 0.600. The van der Waals surface area contributed by atoms with Crippen LogP contribution in [-0.2, 0) is 18.4 Å². The summed E-state index contributed by atoms with van der Waals surface area (Å²) < 4.78 is 2.83. The average Bonchev–Trinajstić information content (AvgIpc) is 2.50. The van der Waals surface area contributed by atoms with Gasteiger partial charge in [0.25, 0.3) is 0 Å². The third kappa shape index (κ3) is 3.27. The topological polar surface area (TPSA) is 56.0 Å². The molecular weight excluding hydrogens is 194 g/mol. The van der Waals surface area contributed by atoms with Gasteiger partial charge in [-0.25, -0.2) is 4.79 Å². The molecule has 0 spiro atoms. The summed E-state index contributed by atoms with van der Waals surface area (Å²) in [6.07, 6.45) is 5.27. The first-order chi connectivity index (χ1) is 7.15. The van der Waals surface area contributed by atoms with E-state index in [1.165, 1.54) is 9.13 Å². The highest BCUT2D eigenvalue weighted by molar-refractivity contribution is 5.75. The lowest BCUT2D eigenvalue weighted by molar-refractivity contribution is -0.121. The van der Waals surface area contributed by atoms with Gasteiger partial charge in [-0.3, -0.25) is 9.36 Å². The first-order valence-electron chi connectivity index (χ1n) is 5.13. The third-order valence-corrected chi connectivity index (χ3v) is 2.18. The Labute approximate surface area is 88.7 Å². The van der Waals surface area contributed by atoms with E-state index in [1.807, 2.05) is 0 Å². The molecule has 0 bridgehead atoms. The van der Waals surface area contributed by atoms with Crippen molar-refractivity contribution in [2.45, 2.75) is 26.3 Å². The molecule has 0 aromatic carbocycles. The number of rotatable bonds is 5. The average molecular weight is 211 g/mol. The Hall–Kier alpha value is -1.52. The standard InChI is InChI=1S/C10H17N3O2/c1-3-4-5-11-9(14)8-13-7-6-12(2)10(13)15/h6-7H,3-5,8H2,1-2H3,(H,11,14). The van der Waals surface area contributed by atoms with Crippen LogP contribution in [0.3, 0.4) is 0 Å². The number of hydrogen-bond donors (Lipinski definition) is 1. The van der Waals surface area contributed by atoms with E-state index in [1.54, 1.807) is 19.4 Å². The maximum absolute atomic E-state index is 11.4. The summed E-state index contributed by atoms with van der Waals surface area (Å²) in [5.74, 6) is -0.114. The zero-order chi connectivity index (χ0) is 11.3. The summed E-state index contributed by atoms with van der Waals surface area (Å²) in [6.45, 7) is 2.84. The van der Waals surface area contributed by atoms with E-state index in [0.717, 1.165) is 12.8 Å². The van der Waals surface area contributed by atoms with Crippen molar-refractivity contribution in [2.75, 3.05) is 6.54 Å². The molecule has 1 rings (SSSR count). The van der Waals surface area contributed by atoms with Crippen molar-refractivity contribution in [1.29, 1.82) is 0 Å². The minimum Gasteiger partial charge on any atom is -0.355 e. The molecule has 0 aliphatic heterocycles. The molecule has 1 aromatic rings. The Morgan fingerprint density at radius 2 is 2.20 bits per heavy atom. The summed E-state index contributed by atoms with van der Waals surface area (Å²) >= 11 is 0. The van der Waals surface area contributed by atoms with Crippen LogP contribution in [0.25, 0.3) is 0 Å². The first-order valence-corrected chi connectivity index (χ1v) is 5.13. The molecule has 0 aliphatic carbocycles. The lowest BCUT2D eigenvalue weighted by atomic mass is 10.3. The monoisotopic (exact) mass is 211 g/mol. The molecule has 0 saturated heterocycles. The summed E-state index contributed by atoms with van der Waals surface area (Å²) in [5.41, 5.74) is -0.166. The van der Waals surface area contributed by atoms with E-state index in [0.29, 0.717) is 6.54 Å². The highest BCUT2D eigenvalue weighted by Crippen LogP contribution is 1.85. The Balaban J connectivity index is 2.45. The fourth-order valence-electron chi connectivity index (χ4n) is 1.25. The van der Waals surface area contributed by atoms with E-state index >= 15 is 0 Å². The second kappa shape index (κ2) is 5.38. The molecule has 5 heteroatoms. The van der Waals surface area contributed by atoms with Crippen LogP contribution in [0.15, 0.2) is 17.2 Å². The lowest BCUT2D eigenvalue weighted by Crippen LogP contribution is -2.32. The molecule has 0 atom stereocenters. The highest BCUT2D eigenvalue weighted by Gasteiger charge is 2.04. The van der Waals surface area contributed by atoms with Gasteiger partial charge >= 0.3 is 5.69 Å². The van der Waals surface area contributed by atoms with Gasteiger partial charge in [0.1, 0.15) is 6.54 Å². The molecule has 5 nitrogen and oxygen atoms in total. The van der Waals surface area contributed by atoms with E-state index < -0.39 is 0 Å². The number of unbranched alkanes of at least 4 members (excludes halogenated alkanes) is 1. The molecule has 1 amide bonds. The van der Waals surface area contributed by atoms with Gasteiger partial charge in [-0.2, -0.15) is 0 Å². The minimum atomic E-state index is -0.166. The number of nitrogens with zero attached hydrogens (tertiary/aromatic N) is 2. The molecule has 84 valence electrons. The van der Waals surface area contributed by atoms with Gasteiger partial charge in [0.15, 0.2) is 0 Å². The van der Waals surface area contributed by atoms with Crippen molar-refractivity contribution in [2.24, 2.45) is 7.05 Å². The molecule has 0 radical (unpaired) electrons. The minimum absolute atomic E-state index is 0.101. The maximum atomic E-state index is 11.4. The molecule has 0 fully saturated rings. The van der Waals surface area contributed by atoms with Crippen molar-refractivity contribution < 1.29 is 4.79 Å². The molecule has 0 saturated carbocycles. The molecule has 15 heavy (non-hydrogen) atoms. The molecule has 0 aliphatic rings. The third-order valence-electron chi connectivity index (χ3n) is 2.18. The van der Waals surface area contributed by atoms with Gasteiger partial charge in [-0.15, -0.1) is 0 Å². The number of carbonyl (C=O) groups excluding carboxylic acids is 1. The molecular formula is C10H17N3O2. The Kier molecular flexibility index (Phi) is 4.15. The SMILES string of the molecule is CCCCNC(=O)Cn1ccn(C)c1=O. The van der Waals surface area contributed by atoms with Crippen molar-refractivity contribution in [1.82, 2.24) is 14.5 Å². The highest BCUT2D eigenvalue weighted by atomic mass is 16.2. The van der Waals surface area contributed by atoms with E-state index in [2.05, 4.69) is 12.2 Å². The van der Waals surface area contributed by atoms with Crippen LogP contribution in [0.5, 0.6) is 0 Å². The largest absolute Gasteiger partial charge is 0.355 e. The van der Waals surface area contributed by atoms with Gasteiger partial charge in [-0.05, 0) is 6.42 Å². The van der Waals surface area contributed by atoms with Crippen molar-refractivity contribution in [3.63, 3.8) is 0 Å². The van der Waals surface area contributed by atoms with Crippen molar-refractivity contribution >= 4 is 5.91 Å². The van der Waals surface area contributed by atoms with E-state index in [-0.39, 0.29) is 18.1 Å². The van der Waals surface area contributed by atoms with Crippen LogP contribution in [0.4, 0.5) is 0 Å². The summed E-state index contributed by atoms with van der Waals surface area (Å²) in [6, 6.07) is 0. The normalized spacial score (nSPS) is 10.3. The van der Waals surface area contributed by atoms with Crippen molar-refractivity contribution in [3.8, 4) is 0 Å². The predicted molar refractivity (Wildman–Crippen MR) is 57.6 cm³/mol. The van der Waals surface area contributed by atoms with Gasteiger partial charge < -0.3 is 9.88 Å². The number of aromatic nitrogens is 2. The first kappa shape index (κ1) is 11.6. The van der Waals surface area contributed by atoms with Gasteiger partial charge in [0.2, 0.25) is 5.91 Å². The number of hydrogen-bond acceptors (Lipinski definition) is 2. The zero-order valence-electron chi connectivity index (χ0n) is 9.19. The maximum Gasteiger partial charge on any atom is 0.328 e. The van der Waals surface area contributed by atoms with E-state index in [9.17, 15) is 9.59 Å². The second-order valence-electron chi connectivity index (χ2n) is 3.52. The molecule has 0 unspecified atom stereocenters. The Morgan fingerprint density at radius 1 is 1.47 bits per heavy atom.